The second kappa shape index (κ2) is 10.9. The Labute approximate surface area is 247 Å². The summed E-state index contributed by atoms with van der Waals surface area (Å²) in [6, 6.07) is 16.0. The van der Waals surface area contributed by atoms with Gasteiger partial charge in [-0.15, -0.1) is 0 Å². The van der Waals surface area contributed by atoms with E-state index in [2.05, 4.69) is 34.5 Å². The number of fused-ring (bicyclic) bond motifs is 3. The van der Waals surface area contributed by atoms with Crippen LogP contribution in [0.5, 0.6) is 0 Å². The van der Waals surface area contributed by atoms with Gasteiger partial charge in [-0.3, -0.25) is 4.90 Å². The Balaban J connectivity index is 1.20. The molecule has 0 radical (unpaired) electrons. The normalized spacial score (nSPS) is 26.8. The third kappa shape index (κ3) is 5.23. The molecule has 9 heteroatoms. The van der Waals surface area contributed by atoms with Crippen molar-refractivity contribution in [3.8, 4) is 11.1 Å². The summed E-state index contributed by atoms with van der Waals surface area (Å²) in [6.07, 6.45) is 2.83. The Hall–Kier alpha value is -3.59. The Morgan fingerprint density at radius 3 is 2.10 bits per heavy atom. The van der Waals surface area contributed by atoms with Gasteiger partial charge in [-0.1, -0.05) is 48.5 Å². The van der Waals surface area contributed by atoms with Crippen molar-refractivity contribution in [1.29, 1.82) is 0 Å². The van der Waals surface area contributed by atoms with Crippen LogP contribution < -0.4 is 5.32 Å². The molecular formula is C33H41N3O6. The zero-order valence-electron chi connectivity index (χ0n) is 24.7. The molecule has 2 N–H and O–H groups in total. The molecule has 2 aromatic carbocycles. The predicted molar refractivity (Wildman–Crippen MR) is 157 cm³/mol. The van der Waals surface area contributed by atoms with E-state index < -0.39 is 35.3 Å². The van der Waals surface area contributed by atoms with Gasteiger partial charge in [0.2, 0.25) is 0 Å². The van der Waals surface area contributed by atoms with Crippen molar-refractivity contribution < 1.29 is 29.0 Å². The number of ether oxygens (including phenoxy) is 2. The molecule has 0 atom stereocenters. The molecule has 9 nitrogen and oxygen atoms in total. The molecule has 3 aliphatic carbocycles. The number of carboxylic acid groups (broad SMARTS) is 1. The first kappa shape index (κ1) is 28.5. The van der Waals surface area contributed by atoms with Gasteiger partial charge >= 0.3 is 18.2 Å². The average Bonchev–Trinajstić information content (AvgIpc) is 3.52. The van der Waals surface area contributed by atoms with Gasteiger partial charge in [-0.2, -0.15) is 0 Å². The number of nitrogens with zero attached hydrogens (tertiary/aromatic N) is 2. The minimum absolute atomic E-state index is 0.108. The van der Waals surface area contributed by atoms with Crippen LogP contribution in [-0.2, 0) is 14.3 Å². The van der Waals surface area contributed by atoms with Crippen molar-refractivity contribution in [3.63, 3.8) is 0 Å². The van der Waals surface area contributed by atoms with Gasteiger partial charge in [-0.05, 0) is 81.8 Å². The average molecular weight is 576 g/mol. The third-order valence-electron chi connectivity index (χ3n) is 9.39. The van der Waals surface area contributed by atoms with Crippen LogP contribution >= 0.6 is 0 Å². The first-order valence-corrected chi connectivity index (χ1v) is 15.2. The number of aliphatic carboxylic acids is 1. The topological polar surface area (TPSA) is 108 Å². The van der Waals surface area contributed by atoms with Gasteiger partial charge in [0.1, 0.15) is 17.7 Å². The second-order valence-electron chi connectivity index (χ2n) is 13.3. The number of carbonyl (C=O) groups is 3. The van der Waals surface area contributed by atoms with Crippen LogP contribution in [-0.4, -0.2) is 82.0 Å². The summed E-state index contributed by atoms with van der Waals surface area (Å²) in [5.74, 6) is -1.19. The summed E-state index contributed by atoms with van der Waals surface area (Å²) in [6.45, 7) is 7.56. The van der Waals surface area contributed by atoms with E-state index >= 15 is 0 Å². The lowest BCUT2D eigenvalue weighted by Gasteiger charge is -2.56. The number of hydrogen-bond acceptors (Lipinski definition) is 6. The predicted octanol–water partition coefficient (Wildman–Crippen LogP) is 5.37. The van der Waals surface area contributed by atoms with Crippen LogP contribution in [0.2, 0.25) is 0 Å². The van der Waals surface area contributed by atoms with Crippen molar-refractivity contribution in [1.82, 2.24) is 15.1 Å². The smallest absolute Gasteiger partial charge is 0.411 e. The fraction of sp³-hybridized carbons (Fsp3) is 0.545. The molecule has 1 heterocycles. The molecule has 42 heavy (non-hydrogen) atoms. The summed E-state index contributed by atoms with van der Waals surface area (Å²) >= 11 is 0. The lowest BCUT2D eigenvalue weighted by Crippen LogP contribution is -2.73. The number of hydrogen-bond donors (Lipinski definition) is 2. The number of alkyl carbamates (subject to hydrolysis) is 1. The highest BCUT2D eigenvalue weighted by atomic mass is 16.6. The van der Waals surface area contributed by atoms with E-state index in [0.29, 0.717) is 6.04 Å². The number of rotatable bonds is 7. The van der Waals surface area contributed by atoms with Gasteiger partial charge in [-0.25, -0.2) is 14.4 Å². The minimum atomic E-state index is -1.44. The van der Waals surface area contributed by atoms with Crippen molar-refractivity contribution >= 4 is 18.2 Å². The molecule has 1 saturated heterocycles. The lowest BCUT2D eigenvalue weighted by molar-refractivity contribution is -0.164. The Kier molecular flexibility index (Phi) is 7.41. The van der Waals surface area contributed by atoms with Crippen molar-refractivity contribution in [2.75, 3.05) is 19.7 Å². The fourth-order valence-electron chi connectivity index (χ4n) is 7.32. The number of nitrogens with one attached hydrogen (secondary N) is 1. The molecule has 4 aliphatic rings. The van der Waals surface area contributed by atoms with Gasteiger partial charge in [0, 0.05) is 36.9 Å². The molecule has 0 unspecified atom stereocenters. The first-order valence-electron chi connectivity index (χ1n) is 15.2. The molecule has 2 amide bonds. The summed E-state index contributed by atoms with van der Waals surface area (Å²) in [4.78, 5) is 43.2. The van der Waals surface area contributed by atoms with Gasteiger partial charge in [0.05, 0.1) is 0 Å². The largest absolute Gasteiger partial charge is 0.479 e. The highest BCUT2D eigenvalue weighted by Crippen LogP contribution is 2.47. The van der Waals surface area contributed by atoms with Gasteiger partial charge in [0.25, 0.3) is 0 Å². The molecule has 0 bridgehead atoms. The number of benzene rings is 2. The highest BCUT2D eigenvalue weighted by Gasteiger charge is 2.61. The maximum absolute atomic E-state index is 14.0. The Morgan fingerprint density at radius 1 is 0.976 bits per heavy atom. The maximum atomic E-state index is 14.0. The van der Waals surface area contributed by atoms with E-state index in [-0.39, 0.29) is 31.4 Å². The van der Waals surface area contributed by atoms with Crippen molar-refractivity contribution in [2.24, 2.45) is 0 Å². The summed E-state index contributed by atoms with van der Waals surface area (Å²) in [7, 11) is 0. The molecule has 6 rings (SSSR count). The number of carboxylic acids is 1. The third-order valence-corrected chi connectivity index (χ3v) is 9.39. The monoisotopic (exact) mass is 575 g/mol. The van der Waals surface area contributed by atoms with Crippen molar-refractivity contribution in [2.45, 2.75) is 94.5 Å². The molecule has 224 valence electrons. The van der Waals surface area contributed by atoms with E-state index in [4.69, 9.17) is 9.47 Å². The molecule has 0 spiro atoms. The highest BCUT2D eigenvalue weighted by molar-refractivity contribution is 5.87. The number of likely N-dealkylation sites (tertiary alicyclic amines) is 1. The van der Waals surface area contributed by atoms with Gasteiger partial charge in [0.15, 0.2) is 0 Å². The molecular weight excluding hydrogens is 534 g/mol. The van der Waals surface area contributed by atoms with E-state index in [0.717, 1.165) is 48.2 Å². The summed E-state index contributed by atoms with van der Waals surface area (Å²) in [5.41, 5.74) is 2.37. The van der Waals surface area contributed by atoms with Crippen LogP contribution in [0, 0.1) is 0 Å². The van der Waals surface area contributed by atoms with E-state index in [1.54, 1.807) is 20.8 Å². The second-order valence-corrected chi connectivity index (χ2v) is 13.3. The minimum Gasteiger partial charge on any atom is -0.479 e. The standard InChI is InChI=1S/C33H41N3O6/c1-32(2,3)42-30(39)34-21-18-33(19-21,29(37)38)36(23-16-22(17-23)35-14-8-9-15-35)31(40)41-20-28-26-12-6-4-10-24(26)25-11-5-7-13-27(25)28/h4-7,10-13,21-23,28H,8-9,14-20H2,1-3H3,(H,34,39)(H,37,38). The Morgan fingerprint density at radius 2 is 1.55 bits per heavy atom. The molecule has 2 saturated carbocycles. The zero-order chi connectivity index (χ0) is 29.6. The van der Waals surface area contributed by atoms with Crippen LogP contribution in [0.25, 0.3) is 11.1 Å². The molecule has 2 aromatic rings. The van der Waals surface area contributed by atoms with E-state index in [1.807, 2.05) is 24.3 Å². The van der Waals surface area contributed by atoms with Crippen LogP contribution in [0.15, 0.2) is 48.5 Å². The maximum Gasteiger partial charge on any atom is 0.411 e. The lowest BCUT2D eigenvalue weighted by atomic mass is 9.69. The molecule has 1 aliphatic heterocycles. The summed E-state index contributed by atoms with van der Waals surface area (Å²) in [5, 5.41) is 13.3. The number of carbonyl (C=O) groups excluding carboxylic acids is 2. The fourth-order valence-corrected chi connectivity index (χ4v) is 7.32. The molecule has 3 fully saturated rings. The van der Waals surface area contributed by atoms with E-state index in [1.165, 1.54) is 17.7 Å². The van der Waals surface area contributed by atoms with Crippen LogP contribution in [0.4, 0.5) is 9.59 Å². The Bertz CT molecular complexity index is 1310. The van der Waals surface area contributed by atoms with Crippen LogP contribution in [0.3, 0.4) is 0 Å². The van der Waals surface area contributed by atoms with Gasteiger partial charge < -0.3 is 24.8 Å². The van der Waals surface area contributed by atoms with Crippen LogP contribution in [0.1, 0.15) is 76.3 Å². The molecule has 0 aromatic heterocycles. The first-order chi connectivity index (χ1) is 20.1. The SMILES string of the molecule is CC(C)(C)OC(=O)NC1CC(C(=O)O)(N(C(=O)OCC2c3ccccc3-c3ccccc32)C2CC(N3CCCC3)C2)C1. The summed E-state index contributed by atoms with van der Waals surface area (Å²) < 4.78 is 11.4. The quantitative estimate of drug-likeness (QED) is 0.457. The van der Waals surface area contributed by atoms with Crippen molar-refractivity contribution in [3.05, 3.63) is 59.7 Å². The van der Waals surface area contributed by atoms with E-state index in [9.17, 15) is 19.5 Å². The zero-order valence-corrected chi connectivity index (χ0v) is 24.7. The number of amides is 2.